The van der Waals surface area contributed by atoms with E-state index in [1.165, 1.54) is 11.8 Å². The third kappa shape index (κ3) is 4.50. The second-order valence-electron chi connectivity index (χ2n) is 6.48. The molecule has 0 unspecified atom stereocenters. The van der Waals surface area contributed by atoms with Gasteiger partial charge < -0.3 is 10.6 Å². The van der Waals surface area contributed by atoms with Crippen molar-refractivity contribution in [2.45, 2.75) is 19.8 Å². The summed E-state index contributed by atoms with van der Waals surface area (Å²) in [6.07, 6.45) is 3.13. The maximum atomic E-state index is 12.5. The number of para-hydroxylation sites is 1. The van der Waals surface area contributed by atoms with Gasteiger partial charge in [-0.25, -0.2) is 0 Å². The van der Waals surface area contributed by atoms with Crippen molar-refractivity contribution in [3.63, 3.8) is 0 Å². The highest BCUT2D eigenvalue weighted by Crippen LogP contribution is 2.21. The predicted octanol–water partition coefficient (Wildman–Crippen LogP) is 5.07. The van der Waals surface area contributed by atoms with Crippen LogP contribution >= 0.6 is 0 Å². The maximum absolute atomic E-state index is 12.5. The number of benzene rings is 2. The Balaban J connectivity index is 1.74. The SMILES string of the molecule is CC(C)c1ccc(NC(=O)c2cncc(Nc3ccccc3C#N)c2)cc1. The van der Waals surface area contributed by atoms with Gasteiger partial charge in [-0.15, -0.1) is 0 Å². The second-order valence-corrected chi connectivity index (χ2v) is 6.48. The summed E-state index contributed by atoms with van der Waals surface area (Å²) >= 11 is 0. The maximum Gasteiger partial charge on any atom is 0.257 e. The summed E-state index contributed by atoms with van der Waals surface area (Å²) in [6.45, 7) is 4.25. The van der Waals surface area contributed by atoms with E-state index in [4.69, 9.17) is 0 Å². The Morgan fingerprint density at radius 3 is 2.48 bits per heavy atom. The van der Waals surface area contributed by atoms with E-state index in [1.54, 1.807) is 24.4 Å². The summed E-state index contributed by atoms with van der Waals surface area (Å²) in [5.74, 6) is 0.204. The van der Waals surface area contributed by atoms with E-state index in [-0.39, 0.29) is 5.91 Å². The first kappa shape index (κ1) is 18.2. The Bertz CT molecular complexity index is 988. The summed E-state index contributed by atoms with van der Waals surface area (Å²) in [4.78, 5) is 16.7. The molecular formula is C22H20N4O. The normalized spacial score (nSPS) is 10.3. The van der Waals surface area contributed by atoms with Gasteiger partial charge in [-0.1, -0.05) is 38.1 Å². The molecule has 134 valence electrons. The van der Waals surface area contributed by atoms with Crippen molar-refractivity contribution in [3.05, 3.63) is 83.7 Å². The van der Waals surface area contributed by atoms with Gasteiger partial charge in [0.25, 0.3) is 5.91 Å². The molecule has 1 amide bonds. The lowest BCUT2D eigenvalue weighted by Crippen LogP contribution is -2.12. The van der Waals surface area contributed by atoms with Crippen LogP contribution in [0.15, 0.2) is 67.0 Å². The monoisotopic (exact) mass is 356 g/mol. The number of nitriles is 1. The molecule has 0 aliphatic carbocycles. The lowest BCUT2D eigenvalue weighted by molar-refractivity contribution is 0.102. The molecular weight excluding hydrogens is 336 g/mol. The van der Waals surface area contributed by atoms with E-state index in [2.05, 4.69) is 35.5 Å². The molecule has 0 fully saturated rings. The molecule has 1 heterocycles. The molecule has 2 N–H and O–H groups in total. The number of pyridine rings is 1. The topological polar surface area (TPSA) is 77.8 Å². The molecule has 5 heteroatoms. The largest absolute Gasteiger partial charge is 0.353 e. The van der Waals surface area contributed by atoms with E-state index < -0.39 is 0 Å². The molecule has 0 saturated heterocycles. The first-order chi connectivity index (χ1) is 13.1. The first-order valence-corrected chi connectivity index (χ1v) is 8.69. The first-order valence-electron chi connectivity index (χ1n) is 8.69. The molecule has 0 aliphatic heterocycles. The van der Waals surface area contributed by atoms with Gasteiger partial charge in [-0.05, 0) is 41.8 Å². The van der Waals surface area contributed by atoms with Crippen LogP contribution in [0.3, 0.4) is 0 Å². The van der Waals surface area contributed by atoms with Crippen LogP contribution in [0, 0.1) is 11.3 Å². The number of nitrogens with one attached hydrogen (secondary N) is 2. The highest BCUT2D eigenvalue weighted by atomic mass is 16.1. The summed E-state index contributed by atoms with van der Waals surface area (Å²) in [5.41, 5.74) is 4.22. The fourth-order valence-electron chi connectivity index (χ4n) is 2.63. The van der Waals surface area contributed by atoms with E-state index in [1.807, 2.05) is 36.4 Å². The van der Waals surface area contributed by atoms with Gasteiger partial charge in [0.2, 0.25) is 0 Å². The van der Waals surface area contributed by atoms with Gasteiger partial charge >= 0.3 is 0 Å². The Kier molecular flexibility index (Phi) is 5.48. The Hall–Kier alpha value is -3.65. The van der Waals surface area contributed by atoms with Gasteiger partial charge in [0.05, 0.1) is 28.7 Å². The number of rotatable bonds is 5. The summed E-state index contributed by atoms with van der Waals surface area (Å²) in [5, 5.41) is 15.2. The molecule has 0 radical (unpaired) electrons. The second kappa shape index (κ2) is 8.15. The Morgan fingerprint density at radius 2 is 1.78 bits per heavy atom. The van der Waals surface area contributed by atoms with Gasteiger partial charge in [0.1, 0.15) is 6.07 Å². The van der Waals surface area contributed by atoms with Crippen LogP contribution in [0.2, 0.25) is 0 Å². The summed E-state index contributed by atoms with van der Waals surface area (Å²) in [7, 11) is 0. The van der Waals surface area contributed by atoms with Crippen LogP contribution < -0.4 is 10.6 Å². The Morgan fingerprint density at radius 1 is 1.04 bits per heavy atom. The van der Waals surface area contributed by atoms with E-state index in [0.717, 1.165) is 5.69 Å². The van der Waals surface area contributed by atoms with Crippen molar-refractivity contribution in [1.82, 2.24) is 4.98 Å². The predicted molar refractivity (Wildman–Crippen MR) is 107 cm³/mol. The van der Waals surface area contributed by atoms with E-state index in [0.29, 0.717) is 28.4 Å². The molecule has 3 rings (SSSR count). The lowest BCUT2D eigenvalue weighted by atomic mass is 10.0. The number of hydrogen-bond acceptors (Lipinski definition) is 4. The number of carbonyl (C=O) groups excluding carboxylic acids is 1. The molecule has 27 heavy (non-hydrogen) atoms. The van der Waals surface area contributed by atoms with Crippen LogP contribution in [0.1, 0.15) is 41.3 Å². The quantitative estimate of drug-likeness (QED) is 0.669. The number of carbonyl (C=O) groups is 1. The van der Waals surface area contributed by atoms with Crippen LogP contribution in [-0.2, 0) is 0 Å². The van der Waals surface area contributed by atoms with Gasteiger partial charge in [-0.3, -0.25) is 9.78 Å². The smallest absolute Gasteiger partial charge is 0.257 e. The van der Waals surface area contributed by atoms with Crippen LogP contribution in [0.25, 0.3) is 0 Å². The zero-order chi connectivity index (χ0) is 19.2. The minimum absolute atomic E-state index is 0.239. The van der Waals surface area contributed by atoms with E-state index >= 15 is 0 Å². The van der Waals surface area contributed by atoms with Crippen molar-refractivity contribution in [2.24, 2.45) is 0 Å². The summed E-state index contributed by atoms with van der Waals surface area (Å²) in [6, 6.07) is 18.8. The lowest BCUT2D eigenvalue weighted by Gasteiger charge is -2.10. The molecule has 1 aromatic heterocycles. The number of amides is 1. The minimum atomic E-state index is -0.239. The fourth-order valence-corrected chi connectivity index (χ4v) is 2.63. The number of hydrogen-bond donors (Lipinski definition) is 2. The molecule has 0 saturated carbocycles. The minimum Gasteiger partial charge on any atom is -0.353 e. The average molecular weight is 356 g/mol. The molecule has 3 aromatic rings. The fraction of sp³-hybridized carbons (Fsp3) is 0.136. The van der Waals surface area contributed by atoms with Crippen molar-refractivity contribution in [1.29, 1.82) is 5.26 Å². The third-order valence-corrected chi connectivity index (χ3v) is 4.16. The van der Waals surface area contributed by atoms with Crippen molar-refractivity contribution in [3.8, 4) is 6.07 Å². The molecule has 5 nitrogen and oxygen atoms in total. The van der Waals surface area contributed by atoms with Gasteiger partial charge in [0, 0.05) is 11.9 Å². The van der Waals surface area contributed by atoms with Crippen molar-refractivity contribution < 1.29 is 4.79 Å². The van der Waals surface area contributed by atoms with Crippen LogP contribution in [-0.4, -0.2) is 10.9 Å². The van der Waals surface area contributed by atoms with Crippen molar-refractivity contribution >= 4 is 23.0 Å². The number of aromatic nitrogens is 1. The highest BCUT2D eigenvalue weighted by Gasteiger charge is 2.09. The highest BCUT2D eigenvalue weighted by molar-refractivity contribution is 6.04. The van der Waals surface area contributed by atoms with Crippen LogP contribution in [0.5, 0.6) is 0 Å². The molecule has 0 atom stereocenters. The van der Waals surface area contributed by atoms with E-state index in [9.17, 15) is 10.1 Å². The standard InChI is InChI=1S/C22H20N4O/c1-15(2)16-7-9-19(10-8-16)26-22(27)18-11-20(14-24-13-18)25-21-6-4-3-5-17(21)12-23/h3-11,13-15,25H,1-2H3,(H,26,27). The van der Waals surface area contributed by atoms with Crippen molar-refractivity contribution in [2.75, 3.05) is 10.6 Å². The summed E-state index contributed by atoms with van der Waals surface area (Å²) < 4.78 is 0. The zero-order valence-electron chi connectivity index (χ0n) is 15.2. The van der Waals surface area contributed by atoms with Gasteiger partial charge in [-0.2, -0.15) is 5.26 Å². The molecule has 0 spiro atoms. The zero-order valence-corrected chi connectivity index (χ0v) is 15.2. The Labute approximate surface area is 158 Å². The molecule has 0 bridgehead atoms. The third-order valence-electron chi connectivity index (χ3n) is 4.16. The number of nitrogens with zero attached hydrogens (tertiary/aromatic N) is 2. The van der Waals surface area contributed by atoms with Gasteiger partial charge in [0.15, 0.2) is 0 Å². The number of anilines is 3. The molecule has 0 aliphatic rings. The average Bonchev–Trinajstić information content (AvgIpc) is 2.69. The molecule has 2 aromatic carbocycles. The van der Waals surface area contributed by atoms with Crippen LogP contribution in [0.4, 0.5) is 17.1 Å².